The van der Waals surface area contributed by atoms with Gasteiger partial charge in [-0.25, -0.2) is 0 Å². The summed E-state index contributed by atoms with van der Waals surface area (Å²) in [6.07, 6.45) is 0. The van der Waals surface area contributed by atoms with Gasteiger partial charge in [0, 0.05) is 38.4 Å². The van der Waals surface area contributed by atoms with Gasteiger partial charge in [-0.3, -0.25) is 4.90 Å². The van der Waals surface area contributed by atoms with Crippen LogP contribution in [0.5, 0.6) is 0 Å². The van der Waals surface area contributed by atoms with Crippen LogP contribution in [0, 0.1) is 25.2 Å². The van der Waals surface area contributed by atoms with Gasteiger partial charge in [-0.2, -0.15) is 5.26 Å². The van der Waals surface area contributed by atoms with E-state index in [4.69, 9.17) is 17.5 Å². The van der Waals surface area contributed by atoms with E-state index in [1.54, 1.807) is 0 Å². The summed E-state index contributed by atoms with van der Waals surface area (Å²) in [7, 11) is 0. The summed E-state index contributed by atoms with van der Waals surface area (Å²) in [6.45, 7) is 8.92. The lowest BCUT2D eigenvalue weighted by atomic mass is 10.1. The van der Waals surface area contributed by atoms with Gasteiger partial charge in [-0.15, -0.1) is 0 Å². The van der Waals surface area contributed by atoms with E-state index in [9.17, 15) is 0 Å². The molecular weight excluding hydrogens is 340 g/mol. The van der Waals surface area contributed by atoms with Crippen molar-refractivity contribution in [2.75, 3.05) is 31.5 Å². The average molecular weight is 365 g/mol. The zero-order valence-electron chi connectivity index (χ0n) is 15.3. The molecule has 4 nitrogen and oxygen atoms in total. The van der Waals surface area contributed by atoms with E-state index >= 15 is 0 Å². The summed E-state index contributed by atoms with van der Waals surface area (Å²) in [5, 5.41) is 13.1. The van der Waals surface area contributed by atoms with Crippen LogP contribution in [0.4, 0.5) is 5.69 Å². The third kappa shape index (κ3) is 4.81. The second kappa shape index (κ2) is 8.31. The molecule has 0 radical (unpaired) electrons. The molecule has 1 saturated heterocycles. The van der Waals surface area contributed by atoms with E-state index in [0.717, 1.165) is 43.5 Å². The Hall–Kier alpha value is -2.42. The molecule has 0 saturated carbocycles. The molecule has 0 atom stereocenters. The molecule has 1 fully saturated rings. The number of nitrogens with one attached hydrogen (secondary N) is 1. The van der Waals surface area contributed by atoms with Crippen molar-refractivity contribution >= 4 is 23.0 Å². The van der Waals surface area contributed by atoms with Crippen LogP contribution in [-0.2, 0) is 6.54 Å². The van der Waals surface area contributed by atoms with Gasteiger partial charge >= 0.3 is 0 Å². The van der Waals surface area contributed by atoms with Gasteiger partial charge < -0.3 is 10.2 Å². The highest BCUT2D eigenvalue weighted by Crippen LogP contribution is 2.16. The van der Waals surface area contributed by atoms with Gasteiger partial charge in [0.15, 0.2) is 5.11 Å². The minimum Gasteiger partial charge on any atom is -0.346 e. The number of hydrogen-bond acceptors (Lipinski definition) is 3. The van der Waals surface area contributed by atoms with Crippen molar-refractivity contribution in [3.8, 4) is 6.07 Å². The van der Waals surface area contributed by atoms with Crippen molar-refractivity contribution in [2.24, 2.45) is 0 Å². The van der Waals surface area contributed by atoms with Gasteiger partial charge in [0.1, 0.15) is 0 Å². The second-order valence-electron chi connectivity index (χ2n) is 6.88. The number of aryl methyl sites for hydroxylation is 2. The Morgan fingerprint density at radius 2 is 1.65 bits per heavy atom. The number of rotatable bonds is 3. The molecule has 0 aliphatic carbocycles. The smallest absolute Gasteiger partial charge is 0.173 e. The molecule has 0 amide bonds. The van der Waals surface area contributed by atoms with Crippen LogP contribution in [-0.4, -0.2) is 41.1 Å². The molecule has 1 aliphatic rings. The fourth-order valence-corrected chi connectivity index (χ4v) is 3.60. The van der Waals surface area contributed by atoms with Crippen LogP contribution in [0.2, 0.25) is 0 Å². The number of benzene rings is 2. The molecule has 1 heterocycles. The van der Waals surface area contributed by atoms with Crippen LogP contribution >= 0.6 is 12.2 Å². The molecule has 2 aromatic carbocycles. The number of nitriles is 1. The van der Waals surface area contributed by atoms with Gasteiger partial charge in [0.25, 0.3) is 0 Å². The van der Waals surface area contributed by atoms with Crippen LogP contribution in [0.15, 0.2) is 42.5 Å². The maximum atomic E-state index is 8.88. The van der Waals surface area contributed by atoms with E-state index in [0.29, 0.717) is 5.56 Å². The van der Waals surface area contributed by atoms with Crippen LogP contribution in [0.25, 0.3) is 0 Å². The summed E-state index contributed by atoms with van der Waals surface area (Å²) in [4.78, 5) is 4.67. The quantitative estimate of drug-likeness (QED) is 0.842. The van der Waals surface area contributed by atoms with Gasteiger partial charge in [-0.05, 0) is 67.0 Å². The molecular formula is C21H24N4S. The van der Waals surface area contributed by atoms with E-state index < -0.39 is 0 Å². The lowest BCUT2D eigenvalue weighted by molar-refractivity contribution is 0.177. The fourth-order valence-electron chi connectivity index (χ4n) is 3.30. The first-order valence-electron chi connectivity index (χ1n) is 8.89. The molecule has 1 N–H and O–H groups in total. The molecule has 26 heavy (non-hydrogen) atoms. The summed E-state index contributed by atoms with van der Waals surface area (Å²) in [5.41, 5.74) is 5.49. The molecule has 134 valence electrons. The second-order valence-corrected chi connectivity index (χ2v) is 7.27. The van der Waals surface area contributed by atoms with Gasteiger partial charge in [0.05, 0.1) is 11.6 Å². The highest BCUT2D eigenvalue weighted by atomic mass is 32.1. The maximum absolute atomic E-state index is 8.88. The normalized spacial score (nSPS) is 14.7. The van der Waals surface area contributed by atoms with E-state index in [1.807, 2.05) is 24.3 Å². The monoisotopic (exact) mass is 364 g/mol. The Morgan fingerprint density at radius 1 is 1.04 bits per heavy atom. The summed E-state index contributed by atoms with van der Waals surface area (Å²) >= 11 is 5.60. The first kappa shape index (κ1) is 18.4. The molecule has 0 bridgehead atoms. The molecule has 0 spiro atoms. The fraction of sp³-hybridized carbons (Fsp3) is 0.333. The Balaban J connectivity index is 1.51. The van der Waals surface area contributed by atoms with Crippen molar-refractivity contribution in [3.63, 3.8) is 0 Å². The van der Waals surface area contributed by atoms with E-state index in [2.05, 4.69) is 53.2 Å². The molecule has 2 aromatic rings. The Morgan fingerprint density at radius 3 is 2.23 bits per heavy atom. The van der Waals surface area contributed by atoms with Crippen LogP contribution < -0.4 is 5.32 Å². The predicted octanol–water partition coefficient (Wildman–Crippen LogP) is 3.69. The van der Waals surface area contributed by atoms with E-state index in [1.165, 1.54) is 16.7 Å². The van der Waals surface area contributed by atoms with Gasteiger partial charge in [0.2, 0.25) is 0 Å². The first-order valence-corrected chi connectivity index (χ1v) is 9.30. The molecule has 1 aliphatic heterocycles. The van der Waals surface area contributed by atoms with Gasteiger partial charge in [-0.1, -0.05) is 18.2 Å². The summed E-state index contributed by atoms with van der Waals surface area (Å²) < 4.78 is 0. The standard InChI is InChI=1S/C21H24N4S/c1-16-11-17(2)13-20(12-16)23-21(26)25-9-7-24(8-10-25)15-19-5-3-18(14-22)4-6-19/h3-6,11-13H,7-10,15H2,1-2H3,(H,23,26). The molecule has 3 rings (SSSR count). The minimum absolute atomic E-state index is 0.710. The minimum atomic E-state index is 0.710. The molecule has 5 heteroatoms. The van der Waals surface area contributed by atoms with Crippen molar-refractivity contribution in [1.82, 2.24) is 9.80 Å². The van der Waals surface area contributed by atoms with Crippen LogP contribution in [0.1, 0.15) is 22.3 Å². The maximum Gasteiger partial charge on any atom is 0.173 e. The number of hydrogen-bond donors (Lipinski definition) is 1. The Bertz CT molecular complexity index is 795. The van der Waals surface area contributed by atoms with Crippen molar-refractivity contribution in [2.45, 2.75) is 20.4 Å². The third-order valence-corrected chi connectivity index (χ3v) is 4.98. The highest BCUT2D eigenvalue weighted by Gasteiger charge is 2.19. The largest absolute Gasteiger partial charge is 0.346 e. The van der Waals surface area contributed by atoms with Crippen LogP contribution in [0.3, 0.4) is 0 Å². The Labute approximate surface area is 161 Å². The lowest BCUT2D eigenvalue weighted by Gasteiger charge is -2.36. The van der Waals surface area contributed by atoms with Crippen molar-refractivity contribution in [3.05, 3.63) is 64.7 Å². The third-order valence-electron chi connectivity index (χ3n) is 4.62. The summed E-state index contributed by atoms with van der Waals surface area (Å²) in [6, 6.07) is 16.4. The highest BCUT2D eigenvalue weighted by molar-refractivity contribution is 7.80. The average Bonchev–Trinajstić information content (AvgIpc) is 2.62. The zero-order valence-corrected chi connectivity index (χ0v) is 16.1. The summed E-state index contributed by atoms with van der Waals surface area (Å²) in [5.74, 6) is 0. The van der Waals surface area contributed by atoms with Crippen molar-refractivity contribution < 1.29 is 0 Å². The van der Waals surface area contributed by atoms with E-state index in [-0.39, 0.29) is 0 Å². The molecule has 0 unspecified atom stereocenters. The Kier molecular flexibility index (Phi) is 5.87. The topological polar surface area (TPSA) is 42.3 Å². The molecule has 0 aromatic heterocycles. The zero-order chi connectivity index (χ0) is 18.5. The number of thiocarbonyl (C=S) groups is 1. The first-order chi connectivity index (χ1) is 12.5. The predicted molar refractivity (Wildman–Crippen MR) is 110 cm³/mol. The number of anilines is 1. The number of piperazine rings is 1. The lowest BCUT2D eigenvalue weighted by Crippen LogP contribution is -2.49. The number of nitrogens with zero attached hydrogens (tertiary/aromatic N) is 3. The SMILES string of the molecule is Cc1cc(C)cc(NC(=S)N2CCN(Cc3ccc(C#N)cc3)CC2)c1. The van der Waals surface area contributed by atoms with Crippen molar-refractivity contribution in [1.29, 1.82) is 5.26 Å².